The van der Waals surface area contributed by atoms with Crippen LogP contribution in [0, 0.1) is 21.4 Å². The van der Waals surface area contributed by atoms with Gasteiger partial charge in [-0.2, -0.15) is 0 Å². The molecule has 0 fully saturated rings. The van der Waals surface area contributed by atoms with Crippen LogP contribution in [0.25, 0.3) is 0 Å². The Kier molecular flexibility index (Phi) is 4.63. The van der Waals surface area contributed by atoms with Crippen LogP contribution in [-0.2, 0) is 14.3 Å². The molecule has 1 heterocycles. The van der Waals surface area contributed by atoms with E-state index in [1.807, 2.05) is 19.9 Å². The van der Waals surface area contributed by atoms with Gasteiger partial charge < -0.3 is 10.1 Å². The Morgan fingerprint density at radius 2 is 1.89 bits per heavy atom. The summed E-state index contributed by atoms with van der Waals surface area (Å²) in [4.78, 5) is 36.0. The maximum atomic E-state index is 13.0. The van der Waals surface area contributed by atoms with Crippen molar-refractivity contribution in [2.75, 3.05) is 7.11 Å². The number of esters is 1. The number of allylic oxidation sites excluding steroid dienone is 3. The van der Waals surface area contributed by atoms with Gasteiger partial charge >= 0.3 is 5.97 Å². The first-order valence-electron chi connectivity index (χ1n) is 8.70. The van der Waals surface area contributed by atoms with Crippen LogP contribution in [0.2, 0.25) is 0 Å². The van der Waals surface area contributed by atoms with E-state index in [4.69, 9.17) is 4.74 Å². The van der Waals surface area contributed by atoms with Gasteiger partial charge in [0.15, 0.2) is 0 Å². The Morgan fingerprint density at radius 3 is 2.44 bits per heavy atom. The van der Waals surface area contributed by atoms with Crippen LogP contribution >= 0.6 is 0 Å². The summed E-state index contributed by atoms with van der Waals surface area (Å²) in [5.74, 6) is -1.58. The van der Waals surface area contributed by atoms with Crippen molar-refractivity contribution < 1.29 is 19.2 Å². The predicted octanol–water partition coefficient (Wildman–Crippen LogP) is 3.23. The number of rotatable bonds is 3. The normalized spacial score (nSPS) is 23.9. The Hall–Kier alpha value is -2.96. The number of carbonyl (C=O) groups is 2. The Labute approximate surface area is 157 Å². The molecular formula is C20H22N2O5. The van der Waals surface area contributed by atoms with Gasteiger partial charge in [-0.3, -0.25) is 14.9 Å². The Bertz CT molecular complexity index is 880. The number of benzene rings is 1. The van der Waals surface area contributed by atoms with Crippen molar-refractivity contribution in [3.8, 4) is 0 Å². The van der Waals surface area contributed by atoms with Gasteiger partial charge in [0.2, 0.25) is 0 Å². The number of hydrogen-bond acceptors (Lipinski definition) is 6. The number of nitrogens with one attached hydrogen (secondary N) is 1. The lowest BCUT2D eigenvalue weighted by Crippen LogP contribution is -2.43. The van der Waals surface area contributed by atoms with Crippen LogP contribution in [0.5, 0.6) is 0 Å². The van der Waals surface area contributed by atoms with Crippen molar-refractivity contribution in [1.29, 1.82) is 0 Å². The predicted molar refractivity (Wildman–Crippen MR) is 98.7 cm³/mol. The average molecular weight is 370 g/mol. The third-order valence-electron chi connectivity index (χ3n) is 5.11. The van der Waals surface area contributed by atoms with Gasteiger partial charge in [0.05, 0.1) is 23.5 Å². The van der Waals surface area contributed by atoms with E-state index in [1.165, 1.54) is 19.2 Å². The first-order chi connectivity index (χ1) is 12.6. The van der Waals surface area contributed by atoms with Gasteiger partial charge in [-0.1, -0.05) is 32.1 Å². The highest BCUT2D eigenvalue weighted by Gasteiger charge is 2.46. The summed E-state index contributed by atoms with van der Waals surface area (Å²) in [6, 6.07) is 5.99. The molecule has 2 aliphatic rings. The average Bonchev–Trinajstić information content (AvgIpc) is 2.58. The molecule has 27 heavy (non-hydrogen) atoms. The molecule has 3 rings (SSSR count). The topological polar surface area (TPSA) is 98.5 Å². The van der Waals surface area contributed by atoms with E-state index in [1.54, 1.807) is 19.1 Å². The smallest absolute Gasteiger partial charge is 0.336 e. The Morgan fingerprint density at radius 1 is 1.26 bits per heavy atom. The van der Waals surface area contributed by atoms with Gasteiger partial charge in [0.1, 0.15) is 5.78 Å². The third kappa shape index (κ3) is 3.37. The monoisotopic (exact) mass is 370 g/mol. The lowest BCUT2D eigenvalue weighted by atomic mass is 9.66. The van der Waals surface area contributed by atoms with Crippen LogP contribution in [-0.4, -0.2) is 23.8 Å². The Balaban J connectivity index is 2.18. The molecule has 1 aromatic rings. The molecule has 0 radical (unpaired) electrons. The first-order valence-corrected chi connectivity index (χ1v) is 8.70. The summed E-state index contributed by atoms with van der Waals surface area (Å²) in [5.41, 5.74) is 2.12. The van der Waals surface area contributed by atoms with E-state index in [2.05, 4.69) is 5.32 Å². The second-order valence-corrected chi connectivity index (χ2v) is 7.69. The number of hydrogen-bond donors (Lipinski definition) is 1. The van der Waals surface area contributed by atoms with Gasteiger partial charge in [0.25, 0.3) is 5.69 Å². The summed E-state index contributed by atoms with van der Waals surface area (Å²) in [6.45, 7) is 5.75. The minimum Gasteiger partial charge on any atom is -0.466 e. The molecule has 0 aromatic heterocycles. The molecule has 2 unspecified atom stereocenters. The zero-order chi connectivity index (χ0) is 19.9. The van der Waals surface area contributed by atoms with Gasteiger partial charge in [-0.15, -0.1) is 0 Å². The summed E-state index contributed by atoms with van der Waals surface area (Å²) in [7, 11) is 1.30. The number of ether oxygens (including phenoxy) is 1. The summed E-state index contributed by atoms with van der Waals surface area (Å²) >= 11 is 0. The van der Waals surface area contributed by atoms with E-state index in [9.17, 15) is 19.7 Å². The van der Waals surface area contributed by atoms with Gasteiger partial charge in [0, 0.05) is 35.9 Å². The first kappa shape index (κ1) is 18.8. The number of non-ortho nitro benzene ring substituents is 1. The van der Waals surface area contributed by atoms with Crippen molar-refractivity contribution >= 4 is 17.4 Å². The van der Waals surface area contributed by atoms with Crippen molar-refractivity contribution in [2.24, 2.45) is 11.3 Å². The number of ketones is 1. The second-order valence-electron chi connectivity index (χ2n) is 7.69. The molecule has 1 aliphatic heterocycles. The summed E-state index contributed by atoms with van der Waals surface area (Å²) in [6.07, 6.45) is 2.40. The number of carbonyl (C=O) groups excluding carboxylic acids is 2. The molecule has 1 aliphatic carbocycles. The molecule has 0 amide bonds. The fourth-order valence-corrected chi connectivity index (χ4v) is 4.01. The van der Waals surface area contributed by atoms with E-state index in [-0.39, 0.29) is 16.9 Å². The zero-order valence-corrected chi connectivity index (χ0v) is 15.7. The van der Waals surface area contributed by atoms with Crippen molar-refractivity contribution in [1.82, 2.24) is 5.32 Å². The van der Waals surface area contributed by atoms with Crippen LogP contribution in [0.15, 0.2) is 47.3 Å². The summed E-state index contributed by atoms with van der Waals surface area (Å²) in [5, 5.41) is 14.2. The molecule has 7 heteroatoms. The van der Waals surface area contributed by atoms with Crippen molar-refractivity contribution in [3.63, 3.8) is 0 Å². The minimum absolute atomic E-state index is 0.0299. The third-order valence-corrected chi connectivity index (χ3v) is 5.11. The van der Waals surface area contributed by atoms with Crippen molar-refractivity contribution in [2.45, 2.75) is 33.1 Å². The SMILES string of the molecule is COC(=O)C1=C(C)NC2=CC(C)(C)CC(=O)C2C1c1ccc([N+](=O)[O-])cc1. The molecule has 2 atom stereocenters. The van der Waals surface area contributed by atoms with Crippen LogP contribution in [0.1, 0.15) is 38.7 Å². The molecule has 1 aromatic carbocycles. The number of fused-ring (bicyclic) bond motifs is 1. The quantitative estimate of drug-likeness (QED) is 0.498. The van der Waals surface area contributed by atoms with Crippen LogP contribution in [0.3, 0.4) is 0 Å². The number of nitro groups is 1. The molecule has 0 spiro atoms. The van der Waals surface area contributed by atoms with E-state index in [0.717, 1.165) is 5.70 Å². The van der Waals surface area contributed by atoms with Gasteiger partial charge in [-0.25, -0.2) is 4.79 Å². The minimum atomic E-state index is -0.547. The maximum Gasteiger partial charge on any atom is 0.336 e. The highest BCUT2D eigenvalue weighted by atomic mass is 16.6. The number of Topliss-reactive ketones (excluding diaryl/α,β-unsaturated/α-hetero) is 1. The van der Waals surface area contributed by atoms with Gasteiger partial charge in [-0.05, 0) is 17.9 Å². The van der Waals surface area contributed by atoms with E-state index in [0.29, 0.717) is 23.3 Å². The fraction of sp³-hybridized carbons (Fsp3) is 0.400. The molecule has 0 bridgehead atoms. The lowest BCUT2D eigenvalue weighted by molar-refractivity contribution is -0.384. The number of nitro benzene ring substituents is 1. The molecule has 0 saturated carbocycles. The van der Waals surface area contributed by atoms with Crippen molar-refractivity contribution in [3.05, 3.63) is 63.0 Å². The highest BCUT2D eigenvalue weighted by Crippen LogP contribution is 2.47. The number of nitrogens with zero attached hydrogens (tertiary/aromatic N) is 1. The highest BCUT2D eigenvalue weighted by molar-refractivity contribution is 5.96. The van der Waals surface area contributed by atoms with Crippen LogP contribution < -0.4 is 5.32 Å². The molecule has 7 nitrogen and oxygen atoms in total. The largest absolute Gasteiger partial charge is 0.466 e. The lowest BCUT2D eigenvalue weighted by Gasteiger charge is -2.41. The van der Waals surface area contributed by atoms with E-state index < -0.39 is 22.7 Å². The second kappa shape index (κ2) is 6.64. The van der Waals surface area contributed by atoms with Crippen LogP contribution in [0.4, 0.5) is 5.69 Å². The molecule has 0 saturated heterocycles. The maximum absolute atomic E-state index is 13.0. The number of methoxy groups -OCH3 is 1. The molecular weight excluding hydrogens is 348 g/mol. The molecule has 142 valence electrons. The standard InChI is InChI=1S/C20H22N2O5/c1-11-16(19(24)27-4)17(12-5-7-13(8-6-12)22(25)26)18-14(21-11)9-20(2,3)10-15(18)23/h5-9,17-18,21H,10H2,1-4H3. The fourth-order valence-electron chi connectivity index (χ4n) is 4.01. The zero-order valence-electron chi connectivity index (χ0n) is 15.7. The molecule has 1 N–H and O–H groups in total. The van der Waals surface area contributed by atoms with E-state index >= 15 is 0 Å². The summed E-state index contributed by atoms with van der Waals surface area (Å²) < 4.78 is 4.95.